The second kappa shape index (κ2) is 3.25. The minimum absolute atomic E-state index is 0.958. The fourth-order valence-corrected chi connectivity index (χ4v) is 2.26. The van der Waals surface area contributed by atoms with Crippen molar-refractivity contribution in [3.8, 4) is 0 Å². The standard InChI is InChI=1S/C11H16/c1-2-4-7-11-9-5-8-10(11)6-3-1/h1,3,6,11H,2,4-5,7-9H2/b3-1-,10-6-. The molecule has 1 fully saturated rings. The molecule has 0 saturated heterocycles. The van der Waals surface area contributed by atoms with Crippen molar-refractivity contribution in [3.05, 3.63) is 23.8 Å². The Balaban J connectivity index is 2.14. The van der Waals surface area contributed by atoms with Crippen molar-refractivity contribution in [1.29, 1.82) is 0 Å². The van der Waals surface area contributed by atoms with Crippen molar-refractivity contribution in [3.63, 3.8) is 0 Å². The first-order valence-electron chi connectivity index (χ1n) is 4.82. The molecule has 0 aromatic rings. The van der Waals surface area contributed by atoms with Crippen LogP contribution in [-0.4, -0.2) is 0 Å². The summed E-state index contributed by atoms with van der Waals surface area (Å²) < 4.78 is 0. The smallest absolute Gasteiger partial charge is 0.0200 e. The van der Waals surface area contributed by atoms with Crippen molar-refractivity contribution in [2.45, 2.75) is 38.5 Å². The highest BCUT2D eigenvalue weighted by Gasteiger charge is 2.19. The van der Waals surface area contributed by atoms with Gasteiger partial charge < -0.3 is 0 Å². The number of hydrogen-bond acceptors (Lipinski definition) is 0. The SMILES string of the molecule is C1=C\CCCC2CCC/C2=C/1. The maximum absolute atomic E-state index is 2.36. The summed E-state index contributed by atoms with van der Waals surface area (Å²) in [7, 11) is 0. The van der Waals surface area contributed by atoms with E-state index in [2.05, 4.69) is 18.2 Å². The molecule has 1 unspecified atom stereocenters. The summed E-state index contributed by atoms with van der Waals surface area (Å²) in [4.78, 5) is 0. The molecular weight excluding hydrogens is 132 g/mol. The van der Waals surface area contributed by atoms with Crippen LogP contribution in [0.15, 0.2) is 23.8 Å². The monoisotopic (exact) mass is 148 g/mol. The molecule has 0 spiro atoms. The van der Waals surface area contributed by atoms with Crippen molar-refractivity contribution in [2.75, 3.05) is 0 Å². The predicted molar refractivity (Wildman–Crippen MR) is 48.4 cm³/mol. The predicted octanol–water partition coefficient (Wildman–Crippen LogP) is 3.45. The van der Waals surface area contributed by atoms with Gasteiger partial charge in [-0.1, -0.05) is 23.8 Å². The van der Waals surface area contributed by atoms with Crippen LogP contribution in [-0.2, 0) is 0 Å². The van der Waals surface area contributed by atoms with Crippen molar-refractivity contribution in [1.82, 2.24) is 0 Å². The van der Waals surface area contributed by atoms with Crippen LogP contribution in [0.25, 0.3) is 0 Å². The second-order valence-electron chi connectivity index (χ2n) is 3.69. The second-order valence-corrected chi connectivity index (χ2v) is 3.69. The Morgan fingerprint density at radius 2 is 2.09 bits per heavy atom. The molecule has 0 aromatic carbocycles. The molecule has 2 aliphatic carbocycles. The molecule has 0 heteroatoms. The number of rotatable bonds is 0. The Bertz CT molecular complexity index is 186. The number of fused-ring (bicyclic) bond motifs is 1. The topological polar surface area (TPSA) is 0 Å². The van der Waals surface area contributed by atoms with Gasteiger partial charge in [-0.2, -0.15) is 0 Å². The van der Waals surface area contributed by atoms with Crippen LogP contribution in [0.1, 0.15) is 38.5 Å². The molecule has 1 saturated carbocycles. The van der Waals surface area contributed by atoms with E-state index in [-0.39, 0.29) is 0 Å². The van der Waals surface area contributed by atoms with E-state index in [9.17, 15) is 0 Å². The van der Waals surface area contributed by atoms with Gasteiger partial charge in [0.1, 0.15) is 0 Å². The highest BCUT2D eigenvalue weighted by molar-refractivity contribution is 5.19. The number of hydrogen-bond donors (Lipinski definition) is 0. The van der Waals surface area contributed by atoms with E-state index < -0.39 is 0 Å². The van der Waals surface area contributed by atoms with Crippen molar-refractivity contribution in [2.24, 2.45) is 5.92 Å². The third-order valence-corrected chi connectivity index (χ3v) is 2.91. The van der Waals surface area contributed by atoms with Gasteiger partial charge in [0.15, 0.2) is 0 Å². The van der Waals surface area contributed by atoms with E-state index in [0.29, 0.717) is 0 Å². The van der Waals surface area contributed by atoms with Gasteiger partial charge >= 0.3 is 0 Å². The third-order valence-electron chi connectivity index (χ3n) is 2.91. The Morgan fingerprint density at radius 3 is 3.09 bits per heavy atom. The first-order chi connectivity index (χ1) is 5.47. The van der Waals surface area contributed by atoms with Crippen molar-refractivity contribution < 1.29 is 0 Å². The molecule has 60 valence electrons. The van der Waals surface area contributed by atoms with E-state index in [1.54, 1.807) is 5.57 Å². The molecule has 0 nitrogen and oxygen atoms in total. The van der Waals surface area contributed by atoms with E-state index in [4.69, 9.17) is 0 Å². The van der Waals surface area contributed by atoms with Gasteiger partial charge in [0.05, 0.1) is 0 Å². The van der Waals surface area contributed by atoms with Gasteiger partial charge in [-0.3, -0.25) is 0 Å². The molecule has 11 heavy (non-hydrogen) atoms. The van der Waals surface area contributed by atoms with Gasteiger partial charge in [0.25, 0.3) is 0 Å². The highest BCUT2D eigenvalue weighted by atomic mass is 14.2. The lowest BCUT2D eigenvalue weighted by molar-refractivity contribution is 0.547. The zero-order valence-electron chi connectivity index (χ0n) is 7.05. The summed E-state index contributed by atoms with van der Waals surface area (Å²) >= 11 is 0. The normalized spacial score (nSPS) is 38.2. The summed E-state index contributed by atoms with van der Waals surface area (Å²) in [5.74, 6) is 0.958. The third kappa shape index (κ3) is 1.55. The minimum atomic E-state index is 0.958. The van der Waals surface area contributed by atoms with Crippen LogP contribution < -0.4 is 0 Å². The molecule has 0 N–H and O–H groups in total. The molecule has 2 aliphatic rings. The molecule has 0 bridgehead atoms. The first kappa shape index (κ1) is 7.15. The van der Waals surface area contributed by atoms with Gasteiger partial charge in [0, 0.05) is 0 Å². The van der Waals surface area contributed by atoms with Crippen LogP contribution in [0, 0.1) is 5.92 Å². The van der Waals surface area contributed by atoms with Gasteiger partial charge in [-0.15, -0.1) is 0 Å². The Labute approximate surface area is 69.0 Å². The fraction of sp³-hybridized carbons (Fsp3) is 0.636. The van der Waals surface area contributed by atoms with Crippen LogP contribution in [0.4, 0.5) is 0 Å². The summed E-state index contributed by atoms with van der Waals surface area (Å²) in [5.41, 5.74) is 1.72. The summed E-state index contributed by atoms with van der Waals surface area (Å²) in [6, 6.07) is 0. The Hall–Kier alpha value is -0.520. The maximum Gasteiger partial charge on any atom is -0.0200 e. The van der Waals surface area contributed by atoms with E-state index >= 15 is 0 Å². The quantitative estimate of drug-likeness (QED) is 0.493. The largest absolute Gasteiger partial charge is 0.0845 e. The van der Waals surface area contributed by atoms with Gasteiger partial charge in [-0.05, 0) is 44.4 Å². The average Bonchev–Trinajstić information content (AvgIpc) is 2.35. The van der Waals surface area contributed by atoms with Crippen LogP contribution in [0.2, 0.25) is 0 Å². The van der Waals surface area contributed by atoms with Gasteiger partial charge in [-0.25, -0.2) is 0 Å². The zero-order valence-corrected chi connectivity index (χ0v) is 7.05. The molecule has 0 amide bonds. The van der Waals surface area contributed by atoms with Crippen LogP contribution in [0.5, 0.6) is 0 Å². The summed E-state index contributed by atoms with van der Waals surface area (Å²) in [6.07, 6.45) is 15.3. The maximum atomic E-state index is 2.36. The van der Waals surface area contributed by atoms with Crippen molar-refractivity contribution >= 4 is 0 Å². The molecule has 0 heterocycles. The number of allylic oxidation sites excluding steroid dienone is 4. The summed E-state index contributed by atoms with van der Waals surface area (Å²) in [6.45, 7) is 0. The van der Waals surface area contributed by atoms with Gasteiger partial charge in [0.2, 0.25) is 0 Å². The molecule has 1 atom stereocenters. The molecule has 0 aromatic heterocycles. The Kier molecular flexibility index (Phi) is 2.11. The van der Waals surface area contributed by atoms with E-state index in [1.807, 2.05) is 0 Å². The lowest BCUT2D eigenvalue weighted by Gasteiger charge is -2.12. The lowest BCUT2D eigenvalue weighted by Crippen LogP contribution is -1.97. The lowest BCUT2D eigenvalue weighted by atomic mass is 9.94. The molecule has 0 radical (unpaired) electrons. The van der Waals surface area contributed by atoms with Crippen LogP contribution in [0.3, 0.4) is 0 Å². The zero-order chi connectivity index (χ0) is 7.52. The van der Waals surface area contributed by atoms with E-state index in [1.165, 1.54) is 38.5 Å². The van der Waals surface area contributed by atoms with E-state index in [0.717, 1.165) is 5.92 Å². The highest BCUT2D eigenvalue weighted by Crippen LogP contribution is 2.35. The molecular formula is C11H16. The van der Waals surface area contributed by atoms with Crippen LogP contribution >= 0.6 is 0 Å². The molecule has 0 aliphatic heterocycles. The fourth-order valence-electron chi connectivity index (χ4n) is 2.26. The minimum Gasteiger partial charge on any atom is -0.0845 e. The summed E-state index contributed by atoms with van der Waals surface area (Å²) in [5, 5.41) is 0. The average molecular weight is 148 g/mol. The first-order valence-corrected chi connectivity index (χ1v) is 4.82. The molecule has 2 rings (SSSR count). The Morgan fingerprint density at radius 1 is 1.18 bits per heavy atom.